The number of ether oxygens (including phenoxy) is 2. The minimum atomic E-state index is 0.260. The molecule has 21 heavy (non-hydrogen) atoms. The van der Waals surface area contributed by atoms with E-state index in [9.17, 15) is 0 Å². The second-order valence-electron chi connectivity index (χ2n) is 5.08. The van der Waals surface area contributed by atoms with Gasteiger partial charge in [0.15, 0.2) is 0 Å². The maximum atomic E-state index is 5.27. The fourth-order valence-corrected chi connectivity index (χ4v) is 2.32. The molecular formula is C18H23NO2. The number of methoxy groups -OCH3 is 2. The molecule has 0 aliphatic carbocycles. The van der Waals surface area contributed by atoms with E-state index in [-0.39, 0.29) is 6.04 Å². The van der Waals surface area contributed by atoms with Crippen LogP contribution in [0.5, 0.6) is 5.75 Å². The second kappa shape index (κ2) is 7.81. The lowest BCUT2D eigenvalue weighted by atomic mass is 10.1. The second-order valence-corrected chi connectivity index (χ2v) is 5.08. The highest BCUT2D eigenvalue weighted by Gasteiger charge is 2.07. The summed E-state index contributed by atoms with van der Waals surface area (Å²) in [4.78, 5) is 0. The Morgan fingerprint density at radius 3 is 2.48 bits per heavy atom. The van der Waals surface area contributed by atoms with Gasteiger partial charge < -0.3 is 14.8 Å². The van der Waals surface area contributed by atoms with Gasteiger partial charge in [0.2, 0.25) is 0 Å². The van der Waals surface area contributed by atoms with Crippen LogP contribution in [0.2, 0.25) is 0 Å². The predicted octanol–water partition coefficient (Wildman–Crippen LogP) is 3.69. The SMILES string of the molecule is COCc1ccccc1CN[C@H](C)c1cccc(OC)c1. The van der Waals surface area contributed by atoms with Gasteiger partial charge in [0.25, 0.3) is 0 Å². The Morgan fingerprint density at radius 1 is 1.00 bits per heavy atom. The summed E-state index contributed by atoms with van der Waals surface area (Å²) in [6.07, 6.45) is 0. The van der Waals surface area contributed by atoms with Crippen molar-refractivity contribution in [1.82, 2.24) is 5.32 Å². The van der Waals surface area contributed by atoms with Crippen LogP contribution in [0.15, 0.2) is 48.5 Å². The zero-order valence-electron chi connectivity index (χ0n) is 12.9. The van der Waals surface area contributed by atoms with Gasteiger partial charge in [0.05, 0.1) is 13.7 Å². The van der Waals surface area contributed by atoms with Crippen LogP contribution in [-0.2, 0) is 17.9 Å². The van der Waals surface area contributed by atoms with E-state index in [1.54, 1.807) is 14.2 Å². The monoisotopic (exact) mass is 285 g/mol. The summed E-state index contributed by atoms with van der Waals surface area (Å²) in [5, 5.41) is 3.55. The summed E-state index contributed by atoms with van der Waals surface area (Å²) in [5.74, 6) is 0.890. The first-order chi connectivity index (χ1) is 10.2. The van der Waals surface area contributed by atoms with E-state index in [0.717, 1.165) is 12.3 Å². The molecule has 0 fully saturated rings. The molecule has 3 heteroatoms. The van der Waals surface area contributed by atoms with Gasteiger partial charge in [-0.1, -0.05) is 36.4 Å². The topological polar surface area (TPSA) is 30.5 Å². The Labute approximate surface area is 126 Å². The summed E-state index contributed by atoms with van der Waals surface area (Å²) in [6.45, 7) is 3.62. The molecular weight excluding hydrogens is 262 g/mol. The average molecular weight is 285 g/mol. The van der Waals surface area contributed by atoms with Crippen molar-refractivity contribution in [2.24, 2.45) is 0 Å². The fraction of sp³-hybridized carbons (Fsp3) is 0.333. The molecule has 2 aromatic carbocycles. The Bertz CT molecular complexity index is 569. The molecule has 0 amide bonds. The molecule has 3 nitrogen and oxygen atoms in total. The largest absolute Gasteiger partial charge is 0.497 e. The van der Waals surface area contributed by atoms with Crippen LogP contribution in [0.25, 0.3) is 0 Å². The summed E-state index contributed by atoms with van der Waals surface area (Å²) in [6, 6.07) is 16.8. The molecule has 0 unspecified atom stereocenters. The summed E-state index contributed by atoms with van der Waals surface area (Å²) in [7, 11) is 3.42. The Morgan fingerprint density at radius 2 is 1.76 bits per heavy atom. The van der Waals surface area contributed by atoms with Crippen LogP contribution in [0.3, 0.4) is 0 Å². The van der Waals surface area contributed by atoms with E-state index in [1.165, 1.54) is 16.7 Å². The van der Waals surface area contributed by atoms with Crippen molar-refractivity contribution in [1.29, 1.82) is 0 Å². The zero-order chi connectivity index (χ0) is 15.1. The molecule has 0 aromatic heterocycles. The Balaban J connectivity index is 2.02. The highest BCUT2D eigenvalue weighted by Crippen LogP contribution is 2.19. The van der Waals surface area contributed by atoms with E-state index in [4.69, 9.17) is 9.47 Å². The van der Waals surface area contributed by atoms with Gasteiger partial charge in [0.1, 0.15) is 5.75 Å². The number of benzene rings is 2. The van der Waals surface area contributed by atoms with Crippen LogP contribution in [0.1, 0.15) is 29.7 Å². The molecule has 0 bridgehead atoms. The third kappa shape index (κ3) is 4.31. The molecule has 1 N–H and O–H groups in total. The minimum absolute atomic E-state index is 0.260. The van der Waals surface area contributed by atoms with Crippen LogP contribution >= 0.6 is 0 Å². The molecule has 0 heterocycles. The molecule has 0 saturated carbocycles. The van der Waals surface area contributed by atoms with Gasteiger partial charge in [-0.15, -0.1) is 0 Å². The lowest BCUT2D eigenvalue weighted by Crippen LogP contribution is -2.19. The zero-order valence-corrected chi connectivity index (χ0v) is 12.9. The third-order valence-corrected chi connectivity index (χ3v) is 3.61. The first kappa shape index (κ1) is 15.5. The smallest absolute Gasteiger partial charge is 0.119 e. The summed E-state index contributed by atoms with van der Waals surface area (Å²) < 4.78 is 10.5. The molecule has 0 aliphatic rings. The van der Waals surface area contributed by atoms with Crippen molar-refractivity contribution in [2.45, 2.75) is 26.1 Å². The normalized spacial score (nSPS) is 12.1. The summed E-state index contributed by atoms with van der Waals surface area (Å²) >= 11 is 0. The number of hydrogen-bond acceptors (Lipinski definition) is 3. The molecule has 112 valence electrons. The van der Waals surface area contributed by atoms with Crippen LogP contribution in [0, 0.1) is 0 Å². The highest BCUT2D eigenvalue weighted by molar-refractivity contribution is 5.31. The quantitative estimate of drug-likeness (QED) is 0.841. The molecule has 0 saturated heterocycles. The van der Waals surface area contributed by atoms with E-state index in [0.29, 0.717) is 6.61 Å². The minimum Gasteiger partial charge on any atom is -0.497 e. The van der Waals surface area contributed by atoms with Gasteiger partial charge in [0, 0.05) is 19.7 Å². The van der Waals surface area contributed by atoms with Crippen LogP contribution < -0.4 is 10.1 Å². The number of rotatable bonds is 7. The van der Waals surface area contributed by atoms with Crippen molar-refractivity contribution in [3.8, 4) is 5.75 Å². The number of hydrogen-bond donors (Lipinski definition) is 1. The van der Waals surface area contributed by atoms with Gasteiger partial charge in [-0.05, 0) is 35.7 Å². The van der Waals surface area contributed by atoms with Gasteiger partial charge >= 0.3 is 0 Å². The molecule has 0 spiro atoms. The molecule has 2 aromatic rings. The van der Waals surface area contributed by atoms with Crippen molar-refractivity contribution in [2.75, 3.05) is 14.2 Å². The van der Waals surface area contributed by atoms with Crippen LogP contribution in [0.4, 0.5) is 0 Å². The molecule has 1 atom stereocenters. The van der Waals surface area contributed by atoms with Crippen molar-refractivity contribution in [3.63, 3.8) is 0 Å². The first-order valence-electron chi connectivity index (χ1n) is 7.17. The average Bonchev–Trinajstić information content (AvgIpc) is 2.54. The van der Waals surface area contributed by atoms with Crippen LogP contribution in [-0.4, -0.2) is 14.2 Å². The maximum Gasteiger partial charge on any atom is 0.119 e. The standard InChI is InChI=1S/C18H23NO2/c1-14(15-9-6-10-18(11-15)21-3)19-12-16-7-4-5-8-17(16)13-20-2/h4-11,14,19H,12-13H2,1-3H3/t14-/m1/s1. The third-order valence-electron chi connectivity index (χ3n) is 3.61. The molecule has 2 rings (SSSR count). The Hall–Kier alpha value is -1.84. The predicted molar refractivity (Wildman–Crippen MR) is 85.4 cm³/mol. The van der Waals surface area contributed by atoms with Gasteiger partial charge in [-0.25, -0.2) is 0 Å². The first-order valence-corrected chi connectivity index (χ1v) is 7.17. The van der Waals surface area contributed by atoms with E-state index >= 15 is 0 Å². The lowest BCUT2D eigenvalue weighted by molar-refractivity contribution is 0.184. The Kier molecular flexibility index (Phi) is 5.78. The molecule has 0 aliphatic heterocycles. The van der Waals surface area contributed by atoms with E-state index in [1.807, 2.05) is 18.2 Å². The maximum absolute atomic E-state index is 5.27. The van der Waals surface area contributed by atoms with Gasteiger partial charge in [-0.2, -0.15) is 0 Å². The highest BCUT2D eigenvalue weighted by atomic mass is 16.5. The van der Waals surface area contributed by atoms with Gasteiger partial charge in [-0.3, -0.25) is 0 Å². The van der Waals surface area contributed by atoms with Crippen molar-refractivity contribution < 1.29 is 9.47 Å². The number of nitrogens with one attached hydrogen (secondary N) is 1. The van der Waals surface area contributed by atoms with E-state index < -0.39 is 0 Å². The summed E-state index contributed by atoms with van der Waals surface area (Å²) in [5.41, 5.74) is 3.72. The van der Waals surface area contributed by atoms with Crippen molar-refractivity contribution >= 4 is 0 Å². The fourth-order valence-electron chi connectivity index (χ4n) is 2.32. The van der Waals surface area contributed by atoms with Crippen molar-refractivity contribution in [3.05, 3.63) is 65.2 Å². The van der Waals surface area contributed by atoms with E-state index in [2.05, 4.69) is 42.6 Å². The molecule has 0 radical (unpaired) electrons. The lowest BCUT2D eigenvalue weighted by Gasteiger charge is -2.16.